The number of nitrogen functional groups attached to an aromatic ring is 1. The van der Waals surface area contributed by atoms with Gasteiger partial charge in [0.05, 0.1) is 23.4 Å². The molecule has 3 rings (SSSR count). The van der Waals surface area contributed by atoms with Gasteiger partial charge in [0.1, 0.15) is 10.7 Å². The molecule has 0 spiro atoms. The van der Waals surface area contributed by atoms with E-state index in [0.29, 0.717) is 34.8 Å². The lowest BCUT2D eigenvalue weighted by Crippen LogP contribution is -2.03. The van der Waals surface area contributed by atoms with E-state index in [9.17, 15) is 18.0 Å². The molecule has 0 bridgehead atoms. The molecule has 2 heterocycles. The molecule has 0 aliphatic carbocycles. The molecular weight excluding hydrogens is 383 g/mol. The number of hydrogen-bond donors (Lipinski definition) is 1. The summed E-state index contributed by atoms with van der Waals surface area (Å²) in [5, 5.41) is 0.368. The highest BCUT2D eigenvalue weighted by molar-refractivity contribution is 6.29. The quantitative estimate of drug-likeness (QED) is 0.404. The molecule has 27 heavy (non-hydrogen) atoms. The van der Waals surface area contributed by atoms with E-state index < -0.39 is 11.7 Å². The van der Waals surface area contributed by atoms with Crippen molar-refractivity contribution in [3.05, 3.63) is 64.9 Å². The average Bonchev–Trinajstić information content (AvgIpc) is 2.65. The van der Waals surface area contributed by atoms with Crippen LogP contribution in [0.3, 0.4) is 0 Å². The third-order valence-corrected chi connectivity index (χ3v) is 3.67. The minimum absolute atomic E-state index is 0.265. The second kappa shape index (κ2) is 9.18. The number of nitrogens with zero attached hydrogens (tertiary/aromatic N) is 2. The zero-order chi connectivity index (χ0) is 19.9. The first-order valence-corrected chi connectivity index (χ1v) is 8.08. The normalized spacial score (nSPS) is 10.8. The van der Waals surface area contributed by atoms with Crippen LogP contribution in [-0.2, 0) is 22.1 Å². The number of alkyl halides is 3. The Labute approximate surface area is 157 Å². The van der Waals surface area contributed by atoms with Gasteiger partial charge in [-0.2, -0.15) is 13.2 Å². The molecule has 2 aromatic heterocycles. The Morgan fingerprint density at radius 3 is 2.44 bits per heavy atom. The van der Waals surface area contributed by atoms with Gasteiger partial charge in [-0.25, -0.2) is 4.98 Å². The van der Waals surface area contributed by atoms with Crippen LogP contribution in [0.4, 0.5) is 18.9 Å². The van der Waals surface area contributed by atoms with Crippen LogP contribution in [0.5, 0.6) is 0 Å². The summed E-state index contributed by atoms with van der Waals surface area (Å²) in [5.41, 5.74) is 7.93. The standard InChI is InChI=1S/C11H10ClN3O2.C7H5F3/c12-9-2-1-8-11(15-9)10(13)7(5-14-8)3-4-17-6-16;8-7(9,10)6-4-2-1-3-5-6/h1-2,5-6H,3-4H2,(H2,13,14);1-5H. The van der Waals surface area contributed by atoms with Crippen molar-refractivity contribution in [2.75, 3.05) is 12.3 Å². The number of nitrogens with two attached hydrogens (primary N) is 1. The van der Waals surface area contributed by atoms with Gasteiger partial charge in [-0.15, -0.1) is 0 Å². The van der Waals surface area contributed by atoms with Crippen LogP contribution in [0.1, 0.15) is 11.1 Å². The largest absolute Gasteiger partial charge is 0.468 e. The Bertz CT molecular complexity index is 905. The number of fused-ring (bicyclic) bond motifs is 1. The number of carbonyl (C=O) groups is 1. The molecule has 0 saturated carbocycles. The van der Waals surface area contributed by atoms with Crippen LogP contribution in [0, 0.1) is 0 Å². The van der Waals surface area contributed by atoms with E-state index >= 15 is 0 Å². The second-order valence-electron chi connectivity index (χ2n) is 5.28. The Hall–Kier alpha value is -2.87. The molecule has 3 aromatic rings. The van der Waals surface area contributed by atoms with Crippen LogP contribution in [0.2, 0.25) is 5.15 Å². The van der Waals surface area contributed by atoms with Gasteiger partial charge in [-0.3, -0.25) is 9.78 Å². The lowest BCUT2D eigenvalue weighted by molar-refractivity contribution is -0.137. The molecule has 142 valence electrons. The van der Waals surface area contributed by atoms with Gasteiger partial charge in [-0.05, 0) is 17.7 Å². The molecule has 5 nitrogen and oxygen atoms in total. The molecule has 0 unspecified atom stereocenters. The van der Waals surface area contributed by atoms with E-state index in [4.69, 9.17) is 17.3 Å². The summed E-state index contributed by atoms with van der Waals surface area (Å²) in [4.78, 5) is 18.4. The van der Waals surface area contributed by atoms with E-state index in [-0.39, 0.29) is 6.61 Å². The van der Waals surface area contributed by atoms with Gasteiger partial charge in [0, 0.05) is 12.6 Å². The SMILES string of the molecule is FC(F)(F)c1ccccc1.Nc1c(CCOC=O)cnc2ccc(Cl)nc12. The topological polar surface area (TPSA) is 78.1 Å². The number of hydrogen-bond acceptors (Lipinski definition) is 5. The van der Waals surface area contributed by atoms with E-state index in [1.165, 1.54) is 12.1 Å². The second-order valence-corrected chi connectivity index (χ2v) is 5.67. The van der Waals surface area contributed by atoms with Gasteiger partial charge in [0.2, 0.25) is 0 Å². The zero-order valence-electron chi connectivity index (χ0n) is 13.9. The third kappa shape index (κ3) is 5.82. The van der Waals surface area contributed by atoms with Gasteiger partial charge in [-0.1, -0.05) is 41.9 Å². The average molecular weight is 398 g/mol. The summed E-state index contributed by atoms with van der Waals surface area (Å²) in [5.74, 6) is 0. The Morgan fingerprint density at radius 2 is 1.85 bits per heavy atom. The molecule has 0 atom stereocenters. The van der Waals surface area contributed by atoms with Crippen molar-refractivity contribution in [1.82, 2.24) is 9.97 Å². The lowest BCUT2D eigenvalue weighted by atomic mass is 10.1. The number of aromatic nitrogens is 2. The van der Waals surface area contributed by atoms with Crippen molar-refractivity contribution in [2.24, 2.45) is 0 Å². The Balaban J connectivity index is 0.000000223. The summed E-state index contributed by atoms with van der Waals surface area (Å²) >= 11 is 5.80. The fourth-order valence-corrected chi connectivity index (χ4v) is 2.29. The molecule has 9 heteroatoms. The fraction of sp³-hybridized carbons (Fsp3) is 0.167. The van der Waals surface area contributed by atoms with Crippen molar-refractivity contribution in [2.45, 2.75) is 12.6 Å². The molecule has 2 N–H and O–H groups in total. The monoisotopic (exact) mass is 397 g/mol. The number of anilines is 1. The Kier molecular flexibility index (Phi) is 6.95. The predicted octanol–water partition coefficient (Wildman–Crippen LogP) is 4.29. The van der Waals surface area contributed by atoms with E-state index in [1.54, 1.807) is 24.4 Å². The molecule has 0 fully saturated rings. The first-order valence-electron chi connectivity index (χ1n) is 7.70. The number of carbonyl (C=O) groups excluding carboxylic acids is 1. The number of halogens is 4. The van der Waals surface area contributed by atoms with E-state index in [1.807, 2.05) is 0 Å². The maximum atomic E-state index is 11.8. The maximum absolute atomic E-state index is 11.8. The highest BCUT2D eigenvalue weighted by atomic mass is 35.5. The predicted molar refractivity (Wildman–Crippen MR) is 96.1 cm³/mol. The molecular formula is C18H15ClF3N3O2. The van der Waals surface area contributed by atoms with Crippen LogP contribution in [0.15, 0.2) is 48.7 Å². The maximum Gasteiger partial charge on any atom is 0.416 e. The number of rotatable bonds is 4. The molecule has 0 aliphatic heterocycles. The first kappa shape index (κ1) is 20.4. The van der Waals surface area contributed by atoms with Crippen LogP contribution in [-0.4, -0.2) is 23.0 Å². The highest BCUT2D eigenvalue weighted by Crippen LogP contribution is 2.28. The zero-order valence-corrected chi connectivity index (χ0v) is 14.7. The van der Waals surface area contributed by atoms with Gasteiger partial charge in [0.25, 0.3) is 6.47 Å². The summed E-state index contributed by atoms with van der Waals surface area (Å²) in [7, 11) is 0. The third-order valence-electron chi connectivity index (χ3n) is 3.46. The molecule has 0 aliphatic rings. The molecule has 0 amide bonds. The van der Waals surface area contributed by atoms with E-state index in [0.717, 1.165) is 17.7 Å². The highest BCUT2D eigenvalue weighted by Gasteiger charge is 2.29. The number of benzene rings is 1. The fourth-order valence-electron chi connectivity index (χ4n) is 2.14. The molecule has 0 saturated heterocycles. The van der Waals surface area contributed by atoms with Crippen LogP contribution >= 0.6 is 11.6 Å². The van der Waals surface area contributed by atoms with Crippen molar-refractivity contribution >= 4 is 34.8 Å². The minimum Gasteiger partial charge on any atom is -0.468 e. The summed E-state index contributed by atoms with van der Waals surface area (Å²) in [6.45, 7) is 0.668. The van der Waals surface area contributed by atoms with Crippen molar-refractivity contribution < 1.29 is 22.7 Å². The molecule has 1 aromatic carbocycles. The Morgan fingerprint density at radius 1 is 1.15 bits per heavy atom. The summed E-state index contributed by atoms with van der Waals surface area (Å²) in [6.07, 6.45) is -2.05. The smallest absolute Gasteiger partial charge is 0.416 e. The van der Waals surface area contributed by atoms with Crippen molar-refractivity contribution in [1.29, 1.82) is 0 Å². The van der Waals surface area contributed by atoms with Crippen LogP contribution in [0.25, 0.3) is 11.0 Å². The van der Waals surface area contributed by atoms with Gasteiger partial charge < -0.3 is 10.5 Å². The summed E-state index contributed by atoms with van der Waals surface area (Å²) in [6, 6.07) is 9.78. The summed E-state index contributed by atoms with van der Waals surface area (Å²) < 4.78 is 40.0. The van der Waals surface area contributed by atoms with Crippen molar-refractivity contribution in [3.8, 4) is 0 Å². The minimum atomic E-state index is -4.21. The first-order chi connectivity index (χ1) is 12.8. The number of pyridine rings is 2. The van der Waals surface area contributed by atoms with E-state index in [2.05, 4.69) is 14.7 Å². The lowest BCUT2D eigenvalue weighted by Gasteiger charge is -2.07. The molecule has 0 radical (unpaired) electrons. The van der Waals surface area contributed by atoms with Crippen LogP contribution < -0.4 is 5.73 Å². The number of ether oxygens (including phenoxy) is 1. The van der Waals surface area contributed by atoms with Gasteiger partial charge >= 0.3 is 6.18 Å². The van der Waals surface area contributed by atoms with Crippen molar-refractivity contribution in [3.63, 3.8) is 0 Å². The van der Waals surface area contributed by atoms with Gasteiger partial charge in [0.15, 0.2) is 0 Å².